The number of hydrogen-bond donors (Lipinski definition) is 2. The van der Waals surface area contributed by atoms with Gasteiger partial charge in [0.15, 0.2) is 0 Å². The molecular weight excluding hydrogens is 303 g/mol. The number of benzene rings is 1. The van der Waals surface area contributed by atoms with Gasteiger partial charge >= 0.3 is 0 Å². The Bertz CT molecular complexity index is 604. The van der Waals surface area contributed by atoms with Gasteiger partial charge in [-0.1, -0.05) is 13.0 Å². The summed E-state index contributed by atoms with van der Waals surface area (Å²) in [7, 11) is 0. The Labute approximate surface area is 134 Å². The molecule has 1 aliphatic heterocycles. The third-order valence-corrected chi connectivity index (χ3v) is 3.43. The Morgan fingerprint density at radius 3 is 2.78 bits per heavy atom. The molecule has 0 saturated carbocycles. The summed E-state index contributed by atoms with van der Waals surface area (Å²) in [6.45, 7) is 3.89. The monoisotopic (exact) mass is 324 g/mol. The van der Waals surface area contributed by atoms with E-state index in [2.05, 4.69) is 4.99 Å². The van der Waals surface area contributed by atoms with Crippen LogP contribution < -0.4 is 5.73 Å². The number of ether oxygens (including phenoxy) is 1. The summed E-state index contributed by atoms with van der Waals surface area (Å²) in [6.07, 6.45) is 0.776. The second kappa shape index (κ2) is 8.38. The number of Topliss-reactive ketones (excluding diaryl/α,β-unsaturated/α-hetero) is 1. The highest BCUT2D eigenvalue weighted by molar-refractivity contribution is 5.83. The van der Waals surface area contributed by atoms with Crippen molar-refractivity contribution in [2.75, 3.05) is 13.2 Å². The molecule has 7 heteroatoms. The Morgan fingerprint density at radius 1 is 1.57 bits per heavy atom. The molecule has 0 bridgehead atoms. The predicted octanol–water partition coefficient (Wildman–Crippen LogP) is 1.65. The van der Waals surface area contributed by atoms with Crippen LogP contribution in [0.15, 0.2) is 23.2 Å². The van der Waals surface area contributed by atoms with E-state index in [1.165, 1.54) is 6.07 Å². The maximum absolute atomic E-state index is 14.1. The maximum Gasteiger partial charge on any atom is 0.290 e. The summed E-state index contributed by atoms with van der Waals surface area (Å²) in [5.74, 6) is 0.117. The van der Waals surface area contributed by atoms with Crippen molar-refractivity contribution >= 4 is 18.1 Å². The van der Waals surface area contributed by atoms with Gasteiger partial charge in [-0.25, -0.2) is 4.39 Å². The number of nitrogens with zero attached hydrogens (tertiary/aromatic N) is 1. The summed E-state index contributed by atoms with van der Waals surface area (Å²) in [6, 6.07) is 4.69. The van der Waals surface area contributed by atoms with E-state index in [9.17, 15) is 9.18 Å². The zero-order valence-electron chi connectivity index (χ0n) is 13.2. The highest BCUT2D eigenvalue weighted by Crippen LogP contribution is 2.31. The number of carbonyl (C=O) groups is 2. The molecule has 23 heavy (non-hydrogen) atoms. The molecule has 0 aliphatic carbocycles. The second-order valence-corrected chi connectivity index (χ2v) is 5.36. The molecule has 1 atom stereocenters. The van der Waals surface area contributed by atoms with Gasteiger partial charge in [-0.2, -0.15) is 0 Å². The number of rotatable bonds is 4. The van der Waals surface area contributed by atoms with E-state index >= 15 is 0 Å². The lowest BCUT2D eigenvalue weighted by Crippen LogP contribution is -2.38. The first-order valence-corrected chi connectivity index (χ1v) is 7.16. The van der Waals surface area contributed by atoms with Crippen LogP contribution in [0.4, 0.5) is 4.39 Å². The van der Waals surface area contributed by atoms with Crippen LogP contribution in [0, 0.1) is 5.82 Å². The zero-order valence-corrected chi connectivity index (χ0v) is 13.2. The van der Waals surface area contributed by atoms with Crippen molar-refractivity contribution in [2.45, 2.75) is 32.2 Å². The lowest BCUT2D eigenvalue weighted by molar-refractivity contribution is -0.123. The number of carbonyl (C=O) groups excluding carboxylic acids is 1. The fraction of sp³-hybridized carbons (Fsp3) is 0.438. The van der Waals surface area contributed by atoms with Crippen LogP contribution in [0.2, 0.25) is 0 Å². The van der Waals surface area contributed by atoms with Gasteiger partial charge < -0.3 is 15.6 Å². The molecule has 2 rings (SSSR count). The van der Waals surface area contributed by atoms with Gasteiger partial charge in [0, 0.05) is 18.4 Å². The standard InChI is InChI=1S/C15H19FN2O2.CH2O2/c1-3-11(19)6-10-4-5-13(16)12(7-10)15(2)9-20-8-14(17)18-15;2-1-3/h4-5,7H,3,6,8-9H2,1-2H3,(H2,17,18);1H,(H,2,3)/t15-;/m0./s1. The lowest BCUT2D eigenvalue weighted by atomic mass is 9.90. The van der Waals surface area contributed by atoms with Crippen LogP contribution in [-0.2, 0) is 26.3 Å². The molecule has 0 aromatic heterocycles. The average Bonchev–Trinajstić information content (AvgIpc) is 2.49. The van der Waals surface area contributed by atoms with Gasteiger partial charge in [-0.15, -0.1) is 0 Å². The first kappa shape index (κ1) is 18.8. The van der Waals surface area contributed by atoms with Gasteiger partial charge in [0.05, 0.1) is 6.61 Å². The molecule has 1 heterocycles. The average molecular weight is 324 g/mol. The van der Waals surface area contributed by atoms with Gasteiger partial charge in [0.25, 0.3) is 6.47 Å². The molecule has 3 N–H and O–H groups in total. The van der Waals surface area contributed by atoms with Gasteiger partial charge in [-0.3, -0.25) is 14.6 Å². The Morgan fingerprint density at radius 2 is 2.22 bits per heavy atom. The smallest absolute Gasteiger partial charge is 0.290 e. The molecule has 0 spiro atoms. The number of halogens is 1. The van der Waals surface area contributed by atoms with E-state index in [0.29, 0.717) is 24.2 Å². The van der Waals surface area contributed by atoms with E-state index in [0.717, 1.165) is 5.56 Å². The van der Waals surface area contributed by atoms with E-state index in [1.807, 2.05) is 6.92 Å². The van der Waals surface area contributed by atoms with E-state index < -0.39 is 5.54 Å². The fourth-order valence-electron chi connectivity index (χ4n) is 2.32. The lowest BCUT2D eigenvalue weighted by Gasteiger charge is -2.30. The highest BCUT2D eigenvalue weighted by Gasteiger charge is 2.32. The minimum absolute atomic E-state index is 0.121. The molecule has 1 aromatic rings. The first-order chi connectivity index (χ1) is 10.9. The molecule has 0 saturated heterocycles. The number of carboxylic acid groups (broad SMARTS) is 1. The van der Waals surface area contributed by atoms with Crippen LogP contribution in [0.3, 0.4) is 0 Å². The number of nitrogens with two attached hydrogens (primary N) is 1. The third-order valence-electron chi connectivity index (χ3n) is 3.43. The van der Waals surface area contributed by atoms with Crippen LogP contribution in [0.25, 0.3) is 0 Å². The normalized spacial score (nSPS) is 20.0. The molecule has 0 unspecified atom stereocenters. The van der Waals surface area contributed by atoms with Crippen LogP contribution in [-0.4, -0.2) is 36.4 Å². The number of ketones is 1. The summed E-state index contributed by atoms with van der Waals surface area (Å²) in [4.78, 5) is 24.2. The summed E-state index contributed by atoms with van der Waals surface area (Å²) >= 11 is 0. The van der Waals surface area contributed by atoms with Crippen molar-refractivity contribution in [3.05, 3.63) is 35.1 Å². The number of hydrogen-bond acceptors (Lipinski definition) is 5. The Balaban J connectivity index is 0.000000816. The topological polar surface area (TPSA) is 102 Å². The predicted molar refractivity (Wildman–Crippen MR) is 83.9 cm³/mol. The molecule has 0 radical (unpaired) electrons. The Kier molecular flexibility index (Phi) is 6.84. The van der Waals surface area contributed by atoms with Crippen molar-refractivity contribution in [1.29, 1.82) is 0 Å². The third kappa shape index (κ3) is 5.14. The van der Waals surface area contributed by atoms with Gasteiger partial charge in [0.1, 0.15) is 29.6 Å². The van der Waals surface area contributed by atoms with E-state index in [-0.39, 0.29) is 31.3 Å². The quantitative estimate of drug-likeness (QED) is 0.820. The molecule has 0 fully saturated rings. The SMILES string of the molecule is CCC(=O)Cc1ccc(F)c([C@]2(C)COCC(N)=N2)c1.O=CO. The van der Waals surface area contributed by atoms with Crippen LogP contribution in [0.1, 0.15) is 31.4 Å². The largest absolute Gasteiger partial charge is 0.483 e. The van der Waals surface area contributed by atoms with Gasteiger partial charge in [0.2, 0.25) is 0 Å². The zero-order chi connectivity index (χ0) is 17.5. The number of aliphatic imine (C=N–C) groups is 1. The second-order valence-electron chi connectivity index (χ2n) is 5.36. The van der Waals surface area contributed by atoms with E-state index in [1.54, 1.807) is 19.1 Å². The molecule has 126 valence electrons. The Hall–Kier alpha value is -2.28. The number of amidine groups is 1. The van der Waals surface area contributed by atoms with Crippen molar-refractivity contribution in [3.8, 4) is 0 Å². The minimum atomic E-state index is -0.836. The van der Waals surface area contributed by atoms with Crippen LogP contribution in [0.5, 0.6) is 0 Å². The highest BCUT2D eigenvalue weighted by atomic mass is 19.1. The van der Waals surface area contributed by atoms with Crippen molar-refractivity contribution in [3.63, 3.8) is 0 Å². The minimum Gasteiger partial charge on any atom is -0.483 e. The van der Waals surface area contributed by atoms with Crippen molar-refractivity contribution < 1.29 is 23.8 Å². The summed E-state index contributed by atoms with van der Waals surface area (Å²) in [5, 5.41) is 6.89. The first-order valence-electron chi connectivity index (χ1n) is 7.16. The fourth-order valence-corrected chi connectivity index (χ4v) is 2.32. The summed E-state index contributed by atoms with van der Waals surface area (Å²) < 4.78 is 19.5. The molecule has 0 amide bonds. The van der Waals surface area contributed by atoms with E-state index in [4.69, 9.17) is 20.4 Å². The molecular formula is C16H21FN2O4. The molecule has 1 aliphatic rings. The molecule has 6 nitrogen and oxygen atoms in total. The molecule has 1 aromatic carbocycles. The van der Waals surface area contributed by atoms with Crippen LogP contribution >= 0.6 is 0 Å². The maximum atomic E-state index is 14.1. The van der Waals surface area contributed by atoms with Crippen molar-refractivity contribution in [1.82, 2.24) is 0 Å². The van der Waals surface area contributed by atoms with Gasteiger partial charge in [-0.05, 0) is 24.6 Å². The van der Waals surface area contributed by atoms with Crippen molar-refractivity contribution in [2.24, 2.45) is 10.7 Å². The summed E-state index contributed by atoms with van der Waals surface area (Å²) in [5.41, 5.74) is 6.05.